The van der Waals surface area contributed by atoms with Crippen LogP contribution in [0.4, 0.5) is 0 Å². The summed E-state index contributed by atoms with van der Waals surface area (Å²) in [5.74, 6) is 0. The zero-order valence-electron chi connectivity index (χ0n) is 11.6. The first-order valence-corrected chi connectivity index (χ1v) is 7.88. The quantitative estimate of drug-likeness (QED) is 0.909. The highest BCUT2D eigenvalue weighted by Crippen LogP contribution is 2.28. The van der Waals surface area contributed by atoms with Crippen molar-refractivity contribution >= 4 is 23.2 Å². The van der Waals surface area contributed by atoms with E-state index < -0.39 is 0 Å². The molecule has 2 fully saturated rings. The maximum absolute atomic E-state index is 9.80. The Labute approximate surface area is 130 Å². The van der Waals surface area contributed by atoms with Gasteiger partial charge in [0.1, 0.15) is 0 Å². The third-order valence-electron chi connectivity index (χ3n) is 4.44. The van der Waals surface area contributed by atoms with Gasteiger partial charge in [0, 0.05) is 38.3 Å². The Kier molecular flexibility index (Phi) is 4.25. The first kappa shape index (κ1) is 14.6. The fraction of sp³-hybridized carbons (Fsp3) is 0.600. The second-order valence-electron chi connectivity index (χ2n) is 6.02. The molecule has 110 valence electrons. The van der Waals surface area contributed by atoms with E-state index in [1.165, 1.54) is 5.56 Å². The van der Waals surface area contributed by atoms with Crippen molar-refractivity contribution in [3.8, 4) is 0 Å². The lowest BCUT2D eigenvalue weighted by molar-refractivity contribution is 0.0528. The maximum Gasteiger partial charge on any atom is 0.0682 e. The summed E-state index contributed by atoms with van der Waals surface area (Å²) in [4.78, 5) is 4.89. The molecule has 0 spiro atoms. The first-order chi connectivity index (χ1) is 9.52. The van der Waals surface area contributed by atoms with Gasteiger partial charge < -0.3 is 5.11 Å². The van der Waals surface area contributed by atoms with Crippen molar-refractivity contribution in [1.82, 2.24) is 9.80 Å². The third kappa shape index (κ3) is 2.97. The van der Waals surface area contributed by atoms with Gasteiger partial charge in [-0.2, -0.15) is 0 Å². The highest BCUT2D eigenvalue weighted by atomic mass is 35.5. The van der Waals surface area contributed by atoms with Gasteiger partial charge in [-0.05, 0) is 31.0 Å². The molecule has 3 atom stereocenters. The summed E-state index contributed by atoms with van der Waals surface area (Å²) in [6.07, 6.45) is 0.738. The van der Waals surface area contributed by atoms with E-state index >= 15 is 0 Å². The average Bonchev–Trinajstić information content (AvgIpc) is 2.73. The molecular weight excluding hydrogens is 295 g/mol. The van der Waals surface area contributed by atoms with Gasteiger partial charge in [-0.25, -0.2) is 0 Å². The predicted octanol–water partition coefficient (Wildman–Crippen LogP) is 2.63. The molecule has 2 aliphatic heterocycles. The van der Waals surface area contributed by atoms with Crippen LogP contribution in [0, 0.1) is 0 Å². The molecule has 0 radical (unpaired) electrons. The van der Waals surface area contributed by atoms with Crippen LogP contribution in [-0.4, -0.2) is 52.7 Å². The van der Waals surface area contributed by atoms with Crippen LogP contribution in [0.25, 0.3) is 0 Å². The van der Waals surface area contributed by atoms with E-state index in [1.54, 1.807) is 0 Å². The highest BCUT2D eigenvalue weighted by Gasteiger charge is 2.37. The summed E-state index contributed by atoms with van der Waals surface area (Å²) in [5, 5.41) is 11.0. The van der Waals surface area contributed by atoms with Crippen LogP contribution < -0.4 is 0 Å². The predicted molar refractivity (Wildman–Crippen MR) is 82.3 cm³/mol. The number of piperazine rings is 1. The number of hydrogen-bond acceptors (Lipinski definition) is 3. The van der Waals surface area contributed by atoms with Crippen LogP contribution in [0.15, 0.2) is 18.2 Å². The van der Waals surface area contributed by atoms with Crippen molar-refractivity contribution < 1.29 is 5.11 Å². The molecule has 1 aromatic carbocycles. The van der Waals surface area contributed by atoms with E-state index in [4.69, 9.17) is 23.2 Å². The summed E-state index contributed by atoms with van der Waals surface area (Å²) < 4.78 is 0. The Morgan fingerprint density at radius 3 is 2.75 bits per heavy atom. The van der Waals surface area contributed by atoms with Crippen molar-refractivity contribution in [1.29, 1.82) is 0 Å². The maximum atomic E-state index is 9.80. The number of nitrogens with zero attached hydrogens (tertiary/aromatic N) is 2. The number of aliphatic hydroxyl groups excluding tert-OH is 1. The van der Waals surface area contributed by atoms with E-state index in [-0.39, 0.29) is 6.10 Å². The monoisotopic (exact) mass is 314 g/mol. The van der Waals surface area contributed by atoms with Gasteiger partial charge in [-0.3, -0.25) is 9.80 Å². The normalized spacial score (nSPS) is 31.5. The third-order valence-corrected chi connectivity index (χ3v) is 5.18. The molecule has 1 aromatic rings. The van der Waals surface area contributed by atoms with Gasteiger partial charge in [-0.1, -0.05) is 29.3 Å². The van der Waals surface area contributed by atoms with E-state index in [1.807, 2.05) is 18.2 Å². The topological polar surface area (TPSA) is 26.7 Å². The smallest absolute Gasteiger partial charge is 0.0682 e. The summed E-state index contributed by atoms with van der Waals surface area (Å²) >= 11 is 12.0. The van der Waals surface area contributed by atoms with Crippen molar-refractivity contribution in [2.45, 2.75) is 38.1 Å². The molecule has 3 rings (SSSR count). The molecule has 2 aliphatic rings. The van der Waals surface area contributed by atoms with Crippen LogP contribution >= 0.6 is 23.2 Å². The van der Waals surface area contributed by atoms with Gasteiger partial charge in [0.2, 0.25) is 0 Å². The van der Waals surface area contributed by atoms with Crippen LogP contribution in [0.1, 0.15) is 18.9 Å². The van der Waals surface area contributed by atoms with E-state index in [2.05, 4.69) is 16.7 Å². The Morgan fingerprint density at radius 1 is 1.20 bits per heavy atom. The van der Waals surface area contributed by atoms with E-state index in [0.717, 1.165) is 32.6 Å². The minimum Gasteiger partial charge on any atom is -0.392 e. The number of aliphatic hydroxyl groups is 1. The summed E-state index contributed by atoms with van der Waals surface area (Å²) in [5.41, 5.74) is 1.19. The van der Waals surface area contributed by atoms with Crippen molar-refractivity contribution in [3.05, 3.63) is 33.8 Å². The molecule has 0 aromatic heterocycles. The zero-order valence-corrected chi connectivity index (χ0v) is 13.1. The van der Waals surface area contributed by atoms with Crippen molar-refractivity contribution in [3.63, 3.8) is 0 Å². The van der Waals surface area contributed by atoms with Crippen LogP contribution in [0.5, 0.6) is 0 Å². The van der Waals surface area contributed by atoms with E-state index in [0.29, 0.717) is 22.1 Å². The van der Waals surface area contributed by atoms with Gasteiger partial charge in [0.25, 0.3) is 0 Å². The molecule has 20 heavy (non-hydrogen) atoms. The Balaban J connectivity index is 1.69. The average molecular weight is 315 g/mol. The molecule has 0 amide bonds. The lowest BCUT2D eigenvalue weighted by Crippen LogP contribution is -2.54. The Hall–Kier alpha value is -0.320. The van der Waals surface area contributed by atoms with Crippen molar-refractivity contribution in [2.24, 2.45) is 0 Å². The number of fused-ring (bicyclic) bond motifs is 1. The van der Waals surface area contributed by atoms with Gasteiger partial charge in [0.05, 0.1) is 16.1 Å². The van der Waals surface area contributed by atoms with Gasteiger partial charge in [0.15, 0.2) is 0 Å². The lowest BCUT2D eigenvalue weighted by Gasteiger charge is -2.42. The van der Waals surface area contributed by atoms with E-state index in [9.17, 15) is 5.11 Å². The molecule has 0 aliphatic carbocycles. The summed E-state index contributed by atoms with van der Waals surface area (Å²) in [7, 11) is 0. The summed E-state index contributed by atoms with van der Waals surface area (Å²) in [6.45, 7) is 6.01. The standard InChI is InChI=1S/C15H20Cl2N2O/c1-10-6-19-9-13(20)5-12(19)8-18(10)7-11-2-3-14(16)15(17)4-11/h2-4,10,12-13,20H,5-9H2,1H3/t10-,12-,13-/m1/s1. The molecule has 1 N–H and O–H groups in total. The number of benzene rings is 1. The number of hydrogen-bond donors (Lipinski definition) is 1. The van der Waals surface area contributed by atoms with Crippen LogP contribution in [0.2, 0.25) is 10.0 Å². The molecule has 0 saturated carbocycles. The molecule has 2 saturated heterocycles. The molecule has 0 bridgehead atoms. The fourth-order valence-electron chi connectivity index (χ4n) is 3.37. The Bertz CT molecular complexity index is 497. The first-order valence-electron chi connectivity index (χ1n) is 7.13. The zero-order chi connectivity index (χ0) is 14.3. The molecule has 2 heterocycles. The van der Waals surface area contributed by atoms with Gasteiger partial charge >= 0.3 is 0 Å². The molecular formula is C15H20Cl2N2O. The molecule has 3 nitrogen and oxygen atoms in total. The lowest BCUT2D eigenvalue weighted by atomic mass is 10.1. The largest absolute Gasteiger partial charge is 0.392 e. The molecule has 0 unspecified atom stereocenters. The summed E-state index contributed by atoms with van der Waals surface area (Å²) in [6, 6.07) is 6.83. The second kappa shape index (κ2) is 5.82. The van der Waals surface area contributed by atoms with Gasteiger partial charge in [-0.15, -0.1) is 0 Å². The second-order valence-corrected chi connectivity index (χ2v) is 6.84. The highest BCUT2D eigenvalue weighted by molar-refractivity contribution is 6.42. The van der Waals surface area contributed by atoms with Crippen LogP contribution in [0.3, 0.4) is 0 Å². The fourth-order valence-corrected chi connectivity index (χ4v) is 3.69. The number of halogens is 2. The van der Waals surface area contributed by atoms with Crippen molar-refractivity contribution in [2.75, 3.05) is 19.6 Å². The number of rotatable bonds is 2. The minimum atomic E-state index is -0.155. The molecule has 5 heteroatoms. The SMILES string of the molecule is C[C@@H]1CN2C[C@H](O)C[C@@H]2CN1Cc1ccc(Cl)c(Cl)c1. The minimum absolute atomic E-state index is 0.155. The van der Waals surface area contributed by atoms with Crippen LogP contribution in [-0.2, 0) is 6.54 Å². The Morgan fingerprint density at radius 2 is 2.00 bits per heavy atom.